The summed E-state index contributed by atoms with van der Waals surface area (Å²) in [6, 6.07) is 9.18. The van der Waals surface area contributed by atoms with E-state index in [0.29, 0.717) is 31.5 Å². The number of ether oxygens (including phenoxy) is 1. The fourth-order valence-electron chi connectivity index (χ4n) is 4.00. The van der Waals surface area contributed by atoms with Crippen LogP contribution in [0.4, 0.5) is 0 Å². The van der Waals surface area contributed by atoms with E-state index in [1.54, 1.807) is 23.1 Å². The minimum absolute atomic E-state index is 0.0410. The molecule has 0 radical (unpaired) electrons. The van der Waals surface area contributed by atoms with Crippen LogP contribution in [0.3, 0.4) is 0 Å². The molecule has 0 bridgehead atoms. The van der Waals surface area contributed by atoms with Crippen molar-refractivity contribution in [1.82, 2.24) is 9.80 Å². The van der Waals surface area contributed by atoms with Crippen LogP contribution in [-0.4, -0.2) is 59.0 Å². The molecule has 2 saturated heterocycles. The molecular weight excluding hydrogens is 376 g/mol. The number of carboxylic acids is 1. The Labute approximate surface area is 167 Å². The molecule has 4 rings (SSSR count). The highest BCUT2D eigenvalue weighted by atomic mass is 16.5. The molecule has 8 nitrogen and oxygen atoms in total. The largest absolute Gasteiger partial charge is 0.548 e. The van der Waals surface area contributed by atoms with Crippen LogP contribution in [0.5, 0.6) is 0 Å². The van der Waals surface area contributed by atoms with E-state index in [0.717, 1.165) is 5.56 Å². The summed E-state index contributed by atoms with van der Waals surface area (Å²) in [4.78, 5) is 40.2. The van der Waals surface area contributed by atoms with Crippen LogP contribution in [0.15, 0.2) is 47.1 Å². The number of benzene rings is 1. The molecule has 152 valence electrons. The third kappa shape index (κ3) is 3.40. The lowest BCUT2D eigenvalue weighted by molar-refractivity contribution is -0.310. The Morgan fingerprint density at radius 1 is 1.07 bits per heavy atom. The van der Waals surface area contributed by atoms with Crippen molar-refractivity contribution in [2.45, 2.75) is 31.5 Å². The number of aryl methyl sites for hydroxylation is 1. The van der Waals surface area contributed by atoms with Gasteiger partial charge in [-0.1, -0.05) is 17.7 Å². The summed E-state index contributed by atoms with van der Waals surface area (Å²) in [6.07, 6.45) is 1.97. The summed E-state index contributed by atoms with van der Waals surface area (Å²) in [5.41, 5.74) is 0.562. The Kier molecular flexibility index (Phi) is 4.87. The fourth-order valence-corrected chi connectivity index (χ4v) is 4.00. The molecule has 1 spiro atoms. The normalized spacial score (nSPS) is 20.8. The first-order valence-electron chi connectivity index (χ1n) is 9.49. The fraction of sp³-hybridized carbons (Fsp3) is 0.381. The molecule has 3 heterocycles. The van der Waals surface area contributed by atoms with Crippen LogP contribution in [0.1, 0.15) is 39.3 Å². The Morgan fingerprint density at radius 2 is 1.76 bits per heavy atom. The predicted octanol–water partition coefficient (Wildman–Crippen LogP) is 0.811. The molecule has 2 aliphatic heterocycles. The maximum absolute atomic E-state index is 12.9. The molecule has 0 aliphatic carbocycles. The summed E-state index contributed by atoms with van der Waals surface area (Å²) >= 11 is 0. The van der Waals surface area contributed by atoms with Gasteiger partial charge in [-0.05, 0) is 31.2 Å². The van der Waals surface area contributed by atoms with Gasteiger partial charge in [-0.25, -0.2) is 0 Å². The zero-order valence-electron chi connectivity index (χ0n) is 16.0. The van der Waals surface area contributed by atoms with E-state index in [-0.39, 0.29) is 18.3 Å². The van der Waals surface area contributed by atoms with Gasteiger partial charge in [-0.3, -0.25) is 14.5 Å². The molecule has 8 heteroatoms. The van der Waals surface area contributed by atoms with Gasteiger partial charge in [-0.2, -0.15) is 0 Å². The molecule has 1 atom stereocenters. The molecule has 2 aromatic rings. The van der Waals surface area contributed by atoms with Gasteiger partial charge in [0.2, 0.25) is 0 Å². The maximum Gasteiger partial charge on any atom is 0.292 e. The summed E-state index contributed by atoms with van der Waals surface area (Å²) in [7, 11) is 0. The number of rotatable bonds is 3. The first-order chi connectivity index (χ1) is 13.9. The van der Waals surface area contributed by atoms with Crippen molar-refractivity contribution in [3.8, 4) is 0 Å². The van der Waals surface area contributed by atoms with E-state index in [4.69, 9.17) is 9.15 Å². The second-order valence-electron chi connectivity index (χ2n) is 7.40. The average molecular weight is 397 g/mol. The number of hydrogen-bond donors (Lipinski definition) is 0. The van der Waals surface area contributed by atoms with E-state index in [1.165, 1.54) is 17.2 Å². The number of amides is 2. The van der Waals surface area contributed by atoms with Crippen LogP contribution in [-0.2, 0) is 9.53 Å². The van der Waals surface area contributed by atoms with Gasteiger partial charge in [0.15, 0.2) is 5.76 Å². The molecule has 0 saturated carbocycles. The standard InChI is InChI=1S/C21H22N2O6/c1-14-4-6-15(7-5-14)18(24)22-10-8-21(9-11-22)23(16(13-29-21)20(26)27)19(25)17-3-2-12-28-17/h2-7,12,16H,8-11,13H2,1H3,(H,26,27)/p-1/t16-/m1/s1. The molecule has 1 aromatic carbocycles. The molecule has 0 N–H and O–H groups in total. The van der Waals surface area contributed by atoms with E-state index in [2.05, 4.69) is 0 Å². The highest BCUT2D eigenvalue weighted by Gasteiger charge is 2.53. The van der Waals surface area contributed by atoms with Crippen molar-refractivity contribution in [2.24, 2.45) is 0 Å². The number of furan rings is 1. The Balaban J connectivity index is 1.53. The highest BCUT2D eigenvalue weighted by Crippen LogP contribution is 2.38. The number of carboxylic acid groups (broad SMARTS) is 1. The third-order valence-electron chi connectivity index (χ3n) is 5.61. The van der Waals surface area contributed by atoms with Gasteiger partial charge >= 0.3 is 0 Å². The van der Waals surface area contributed by atoms with Crippen molar-refractivity contribution < 1.29 is 28.6 Å². The smallest absolute Gasteiger partial charge is 0.292 e. The third-order valence-corrected chi connectivity index (χ3v) is 5.61. The number of carbonyl (C=O) groups is 3. The Hall–Kier alpha value is -3.13. The van der Waals surface area contributed by atoms with Gasteiger partial charge < -0.3 is 24.0 Å². The van der Waals surface area contributed by atoms with Crippen LogP contribution >= 0.6 is 0 Å². The van der Waals surface area contributed by atoms with E-state index >= 15 is 0 Å². The second kappa shape index (κ2) is 7.36. The van der Waals surface area contributed by atoms with E-state index in [9.17, 15) is 19.5 Å². The minimum Gasteiger partial charge on any atom is -0.548 e. The number of hydrogen-bond acceptors (Lipinski definition) is 6. The van der Waals surface area contributed by atoms with Crippen LogP contribution in [0.2, 0.25) is 0 Å². The summed E-state index contributed by atoms with van der Waals surface area (Å²) in [5.74, 6) is -1.99. The van der Waals surface area contributed by atoms with Crippen molar-refractivity contribution >= 4 is 17.8 Å². The topological polar surface area (TPSA) is 103 Å². The first kappa shape index (κ1) is 19.2. The van der Waals surface area contributed by atoms with Gasteiger partial charge in [0, 0.05) is 31.5 Å². The lowest BCUT2D eigenvalue weighted by atomic mass is 9.96. The zero-order chi connectivity index (χ0) is 20.6. The second-order valence-corrected chi connectivity index (χ2v) is 7.40. The SMILES string of the molecule is Cc1ccc(C(=O)N2CCC3(CC2)OC[C@H](C(=O)[O-])N3C(=O)c2ccco2)cc1. The van der Waals surface area contributed by atoms with Gasteiger partial charge in [0.1, 0.15) is 5.72 Å². The van der Waals surface area contributed by atoms with Crippen molar-refractivity contribution in [3.05, 3.63) is 59.5 Å². The van der Waals surface area contributed by atoms with E-state index < -0.39 is 23.6 Å². The summed E-state index contributed by atoms with van der Waals surface area (Å²) < 4.78 is 11.0. The van der Waals surface area contributed by atoms with Gasteiger partial charge in [-0.15, -0.1) is 0 Å². The average Bonchev–Trinajstić information content (AvgIpc) is 3.37. The molecule has 2 fully saturated rings. The maximum atomic E-state index is 12.9. The first-order valence-corrected chi connectivity index (χ1v) is 9.49. The molecule has 29 heavy (non-hydrogen) atoms. The molecule has 1 aromatic heterocycles. The number of piperidine rings is 1. The molecule has 2 amide bonds. The van der Waals surface area contributed by atoms with Crippen LogP contribution in [0.25, 0.3) is 0 Å². The summed E-state index contributed by atoms with van der Waals surface area (Å²) in [6.45, 7) is 2.48. The van der Waals surface area contributed by atoms with Crippen LogP contribution in [0, 0.1) is 6.92 Å². The molecule has 2 aliphatic rings. The van der Waals surface area contributed by atoms with Gasteiger partial charge in [0.25, 0.3) is 11.8 Å². The van der Waals surface area contributed by atoms with Crippen molar-refractivity contribution in [3.63, 3.8) is 0 Å². The lowest BCUT2D eigenvalue weighted by Crippen LogP contribution is -2.60. The van der Waals surface area contributed by atoms with Crippen molar-refractivity contribution in [2.75, 3.05) is 19.7 Å². The van der Waals surface area contributed by atoms with E-state index in [1.807, 2.05) is 19.1 Å². The number of carbonyl (C=O) groups excluding carboxylic acids is 3. The number of nitrogens with zero attached hydrogens (tertiary/aromatic N) is 2. The Morgan fingerprint density at radius 3 is 2.34 bits per heavy atom. The lowest BCUT2D eigenvalue weighted by Gasteiger charge is -2.44. The quantitative estimate of drug-likeness (QED) is 0.759. The minimum atomic E-state index is -1.38. The highest BCUT2D eigenvalue weighted by molar-refractivity contribution is 5.95. The number of likely N-dealkylation sites (tertiary alicyclic amines) is 1. The van der Waals surface area contributed by atoms with Crippen molar-refractivity contribution in [1.29, 1.82) is 0 Å². The summed E-state index contributed by atoms with van der Waals surface area (Å²) in [5, 5.41) is 11.6. The molecular formula is C21H21N2O6-. The predicted molar refractivity (Wildman–Crippen MR) is 98.7 cm³/mol. The zero-order valence-corrected chi connectivity index (χ0v) is 16.0. The van der Waals surface area contributed by atoms with Crippen LogP contribution < -0.4 is 5.11 Å². The number of aliphatic carboxylic acids is 1. The molecule has 0 unspecified atom stereocenters. The Bertz CT molecular complexity index is 913. The van der Waals surface area contributed by atoms with Gasteiger partial charge in [0.05, 0.1) is 24.9 Å². The monoisotopic (exact) mass is 397 g/mol.